The summed E-state index contributed by atoms with van der Waals surface area (Å²) in [5.74, 6) is -0.650. The van der Waals surface area contributed by atoms with Crippen LogP contribution in [-0.2, 0) is 6.42 Å². The highest BCUT2D eigenvalue weighted by molar-refractivity contribution is 5.64. The predicted octanol–water partition coefficient (Wildman–Crippen LogP) is 3.62. The fourth-order valence-corrected chi connectivity index (χ4v) is 2.23. The molecule has 2 nitrogen and oxygen atoms in total. The van der Waals surface area contributed by atoms with Crippen LogP contribution >= 0.6 is 0 Å². The smallest absolute Gasteiger partial charge is 0.147 e. The highest BCUT2D eigenvalue weighted by Gasteiger charge is 2.13. The van der Waals surface area contributed by atoms with Crippen LogP contribution in [0.2, 0.25) is 0 Å². The van der Waals surface area contributed by atoms with Gasteiger partial charge in [0.05, 0.1) is 5.69 Å². The Hall–Kier alpha value is -1.94. The molecule has 20 heavy (non-hydrogen) atoms. The zero-order chi connectivity index (χ0) is 14.5. The summed E-state index contributed by atoms with van der Waals surface area (Å²) in [7, 11) is 0. The van der Waals surface area contributed by atoms with Crippen molar-refractivity contribution in [2.24, 2.45) is 5.73 Å². The first-order valence-electron chi connectivity index (χ1n) is 6.67. The van der Waals surface area contributed by atoms with Crippen LogP contribution in [0.3, 0.4) is 0 Å². The molecule has 0 aromatic heterocycles. The quantitative estimate of drug-likeness (QED) is 0.903. The SMILES string of the molecule is CCN(c1cccc(F)c1)c1ccc(CCN)cc1F. The number of rotatable bonds is 5. The van der Waals surface area contributed by atoms with Crippen molar-refractivity contribution in [3.05, 3.63) is 59.7 Å². The van der Waals surface area contributed by atoms with Gasteiger partial charge in [0.1, 0.15) is 11.6 Å². The standard InChI is InChI=1S/C16H18F2N2/c1-2-20(14-5-3-4-13(17)11-14)16-7-6-12(8-9-19)10-15(16)18/h3-7,10-11H,2,8-9,19H2,1H3. The van der Waals surface area contributed by atoms with Gasteiger partial charge in [-0.05, 0) is 55.8 Å². The first kappa shape index (κ1) is 14.5. The Morgan fingerprint density at radius 2 is 1.90 bits per heavy atom. The van der Waals surface area contributed by atoms with E-state index in [4.69, 9.17) is 5.73 Å². The highest BCUT2D eigenvalue weighted by atomic mass is 19.1. The van der Waals surface area contributed by atoms with Crippen LogP contribution in [0.4, 0.5) is 20.2 Å². The molecule has 0 aliphatic rings. The number of hydrogen-bond acceptors (Lipinski definition) is 2. The van der Waals surface area contributed by atoms with E-state index in [0.29, 0.717) is 30.9 Å². The zero-order valence-corrected chi connectivity index (χ0v) is 11.4. The largest absolute Gasteiger partial charge is 0.339 e. The second-order valence-corrected chi connectivity index (χ2v) is 4.55. The minimum Gasteiger partial charge on any atom is -0.339 e. The summed E-state index contributed by atoms with van der Waals surface area (Å²) < 4.78 is 27.5. The van der Waals surface area contributed by atoms with E-state index in [2.05, 4.69) is 0 Å². The summed E-state index contributed by atoms with van der Waals surface area (Å²) >= 11 is 0. The third-order valence-corrected chi connectivity index (χ3v) is 3.17. The molecule has 0 unspecified atom stereocenters. The number of nitrogens with zero attached hydrogens (tertiary/aromatic N) is 1. The summed E-state index contributed by atoms with van der Waals surface area (Å²) in [6.45, 7) is 2.94. The highest BCUT2D eigenvalue weighted by Crippen LogP contribution is 2.28. The third-order valence-electron chi connectivity index (χ3n) is 3.17. The summed E-state index contributed by atoms with van der Waals surface area (Å²) in [5.41, 5.74) is 7.41. The number of halogens is 2. The first-order chi connectivity index (χ1) is 9.65. The minimum atomic E-state index is -0.332. The normalized spacial score (nSPS) is 10.6. The lowest BCUT2D eigenvalue weighted by molar-refractivity contribution is 0.620. The number of hydrogen-bond donors (Lipinski definition) is 1. The van der Waals surface area contributed by atoms with E-state index in [1.807, 2.05) is 13.0 Å². The molecule has 2 N–H and O–H groups in total. The molecule has 2 rings (SSSR count). The maximum Gasteiger partial charge on any atom is 0.147 e. The van der Waals surface area contributed by atoms with E-state index in [1.54, 1.807) is 23.1 Å². The van der Waals surface area contributed by atoms with E-state index >= 15 is 0 Å². The second kappa shape index (κ2) is 6.48. The molecule has 106 valence electrons. The Bertz CT molecular complexity index is 584. The predicted molar refractivity (Wildman–Crippen MR) is 78.2 cm³/mol. The van der Waals surface area contributed by atoms with Crippen LogP contribution in [0, 0.1) is 11.6 Å². The zero-order valence-electron chi connectivity index (χ0n) is 11.4. The maximum atomic E-state index is 14.2. The fraction of sp³-hybridized carbons (Fsp3) is 0.250. The lowest BCUT2D eigenvalue weighted by atomic mass is 10.1. The van der Waals surface area contributed by atoms with Crippen molar-refractivity contribution in [1.82, 2.24) is 0 Å². The van der Waals surface area contributed by atoms with Gasteiger partial charge in [-0.25, -0.2) is 8.78 Å². The van der Waals surface area contributed by atoms with Crippen LogP contribution in [0.5, 0.6) is 0 Å². The Balaban J connectivity index is 2.37. The van der Waals surface area contributed by atoms with Crippen molar-refractivity contribution in [3.63, 3.8) is 0 Å². The molecule has 0 saturated heterocycles. The van der Waals surface area contributed by atoms with E-state index in [-0.39, 0.29) is 11.6 Å². The van der Waals surface area contributed by atoms with E-state index in [9.17, 15) is 8.78 Å². The van der Waals surface area contributed by atoms with Gasteiger partial charge in [0.25, 0.3) is 0 Å². The molecule has 0 fully saturated rings. The topological polar surface area (TPSA) is 29.3 Å². The monoisotopic (exact) mass is 276 g/mol. The van der Waals surface area contributed by atoms with Gasteiger partial charge in [-0.15, -0.1) is 0 Å². The molecule has 2 aromatic rings. The molecule has 0 amide bonds. The molecule has 2 aromatic carbocycles. The van der Waals surface area contributed by atoms with Crippen molar-refractivity contribution in [3.8, 4) is 0 Å². The molecular weight excluding hydrogens is 258 g/mol. The van der Waals surface area contributed by atoms with E-state index in [1.165, 1.54) is 18.2 Å². The van der Waals surface area contributed by atoms with E-state index in [0.717, 1.165) is 5.56 Å². The van der Waals surface area contributed by atoms with Gasteiger partial charge in [-0.2, -0.15) is 0 Å². The summed E-state index contributed by atoms with van der Waals surface area (Å²) in [6.07, 6.45) is 0.642. The van der Waals surface area contributed by atoms with Gasteiger partial charge in [0.2, 0.25) is 0 Å². The van der Waals surface area contributed by atoms with Crippen molar-refractivity contribution in [2.75, 3.05) is 18.0 Å². The van der Waals surface area contributed by atoms with Crippen LogP contribution in [0.1, 0.15) is 12.5 Å². The van der Waals surface area contributed by atoms with Gasteiger partial charge in [0.15, 0.2) is 0 Å². The van der Waals surface area contributed by atoms with Gasteiger partial charge in [-0.3, -0.25) is 0 Å². The Kier molecular flexibility index (Phi) is 4.69. The van der Waals surface area contributed by atoms with Gasteiger partial charge >= 0.3 is 0 Å². The molecule has 0 atom stereocenters. The van der Waals surface area contributed by atoms with Crippen LogP contribution in [-0.4, -0.2) is 13.1 Å². The molecule has 0 aliphatic carbocycles. The maximum absolute atomic E-state index is 14.2. The Labute approximate surface area is 117 Å². The minimum absolute atomic E-state index is 0.318. The van der Waals surface area contributed by atoms with Crippen LogP contribution in [0.15, 0.2) is 42.5 Å². The summed E-state index contributed by atoms with van der Waals surface area (Å²) in [4.78, 5) is 1.74. The average Bonchev–Trinajstić information content (AvgIpc) is 2.42. The van der Waals surface area contributed by atoms with Gasteiger partial charge in [-0.1, -0.05) is 12.1 Å². The molecule has 0 heterocycles. The Morgan fingerprint density at radius 1 is 1.10 bits per heavy atom. The Morgan fingerprint density at radius 3 is 2.50 bits per heavy atom. The third kappa shape index (κ3) is 3.14. The van der Waals surface area contributed by atoms with Crippen molar-refractivity contribution in [1.29, 1.82) is 0 Å². The molecular formula is C16H18F2N2. The van der Waals surface area contributed by atoms with Crippen LogP contribution < -0.4 is 10.6 Å². The number of anilines is 2. The van der Waals surface area contributed by atoms with Crippen LogP contribution in [0.25, 0.3) is 0 Å². The molecule has 0 spiro atoms. The lowest BCUT2D eigenvalue weighted by Crippen LogP contribution is -2.17. The molecule has 0 bridgehead atoms. The van der Waals surface area contributed by atoms with Gasteiger partial charge in [0, 0.05) is 12.2 Å². The van der Waals surface area contributed by atoms with Crippen molar-refractivity contribution in [2.45, 2.75) is 13.3 Å². The second-order valence-electron chi connectivity index (χ2n) is 4.55. The number of benzene rings is 2. The molecule has 0 saturated carbocycles. The molecule has 0 aliphatic heterocycles. The molecule has 4 heteroatoms. The van der Waals surface area contributed by atoms with E-state index < -0.39 is 0 Å². The van der Waals surface area contributed by atoms with Crippen molar-refractivity contribution >= 4 is 11.4 Å². The summed E-state index contributed by atoms with van der Waals surface area (Å²) in [6, 6.07) is 11.2. The number of nitrogens with two attached hydrogens (primary N) is 1. The van der Waals surface area contributed by atoms with Gasteiger partial charge < -0.3 is 10.6 Å². The lowest BCUT2D eigenvalue weighted by Gasteiger charge is -2.24. The average molecular weight is 276 g/mol. The summed E-state index contributed by atoms with van der Waals surface area (Å²) in [5, 5.41) is 0. The molecule has 0 radical (unpaired) electrons. The first-order valence-corrected chi connectivity index (χ1v) is 6.67. The van der Waals surface area contributed by atoms with Crippen molar-refractivity contribution < 1.29 is 8.78 Å². The fourth-order valence-electron chi connectivity index (χ4n) is 2.23.